The number of hydrogen-bond donors (Lipinski definition) is 4. The number of alkyl carbamates (subject to hydrolysis) is 1. The summed E-state index contributed by atoms with van der Waals surface area (Å²) in [5, 5.41) is 19.1. The first kappa shape index (κ1) is 30.9. The minimum Gasteiger partial charge on any atom is -0.444 e. The van der Waals surface area contributed by atoms with Gasteiger partial charge in [-0.25, -0.2) is 4.79 Å². The summed E-state index contributed by atoms with van der Waals surface area (Å²) in [5.41, 5.74) is -1.50. The highest BCUT2D eigenvalue weighted by Gasteiger charge is 2.70. The Morgan fingerprint density at radius 3 is 2.23 bits per heavy atom. The molecule has 4 amide bonds. The van der Waals surface area contributed by atoms with E-state index in [0.29, 0.717) is 18.9 Å². The zero-order chi connectivity index (χ0) is 29.5. The van der Waals surface area contributed by atoms with Crippen molar-refractivity contribution in [2.45, 2.75) is 104 Å². The minimum absolute atomic E-state index is 0.0584. The second-order valence-corrected chi connectivity index (χ2v) is 14.1. The molecule has 1 aliphatic heterocycles. The van der Waals surface area contributed by atoms with Crippen LogP contribution >= 0.6 is 0 Å². The van der Waals surface area contributed by atoms with E-state index in [1.165, 1.54) is 6.08 Å². The largest absolute Gasteiger partial charge is 0.444 e. The molecule has 1 heterocycles. The summed E-state index contributed by atoms with van der Waals surface area (Å²) < 4.78 is 5.41. The molecule has 2 aliphatic carbocycles. The Balaban J connectivity index is 1.82. The van der Waals surface area contributed by atoms with Crippen molar-refractivity contribution >= 4 is 23.8 Å². The van der Waals surface area contributed by atoms with Gasteiger partial charge >= 0.3 is 6.09 Å². The fourth-order valence-electron chi connectivity index (χ4n) is 5.76. The van der Waals surface area contributed by atoms with Gasteiger partial charge in [-0.3, -0.25) is 14.4 Å². The lowest BCUT2D eigenvalue weighted by Gasteiger charge is -2.38. The van der Waals surface area contributed by atoms with E-state index in [4.69, 9.17) is 4.74 Å². The van der Waals surface area contributed by atoms with E-state index in [0.717, 1.165) is 12.8 Å². The maximum atomic E-state index is 14.0. The summed E-state index contributed by atoms with van der Waals surface area (Å²) in [6, 6.07) is -2.46. The first-order valence-electron chi connectivity index (χ1n) is 14.1. The number of fused-ring (bicyclic) bond motifs is 1. The van der Waals surface area contributed by atoms with E-state index in [2.05, 4.69) is 36.4 Å². The summed E-state index contributed by atoms with van der Waals surface area (Å²) >= 11 is 0. The fourth-order valence-corrected chi connectivity index (χ4v) is 5.76. The Kier molecular flexibility index (Phi) is 8.80. The zero-order valence-electron chi connectivity index (χ0n) is 24.8. The monoisotopic (exact) mass is 548 g/mol. The molecule has 0 aromatic rings. The van der Waals surface area contributed by atoms with Gasteiger partial charge in [0, 0.05) is 13.1 Å². The fraction of sp³-hybridized carbons (Fsp3) is 0.793. The standard InChI is InChI=1S/C29H48N4O6/c1-10-13-30-24(36)21(34)18(14-16-11-12-16)31-23(35)20-19-17(29(19,8)9)15-33(20)25(37)22(27(2,3)4)32-26(38)39-28(5,6)7/h10,16-22,34H,1,11-15H2,2-9H3,(H,30,36)(H,31,35)(H,32,38)/t17-,18+,19-,20-,21?,22+/m0/s1. The van der Waals surface area contributed by atoms with Crippen LogP contribution in [0.4, 0.5) is 4.79 Å². The molecule has 10 heteroatoms. The molecule has 1 saturated heterocycles. The number of likely N-dealkylation sites (tertiary alicyclic amines) is 1. The molecule has 3 fully saturated rings. The predicted octanol–water partition coefficient (Wildman–Crippen LogP) is 2.36. The third-order valence-corrected chi connectivity index (χ3v) is 8.22. The van der Waals surface area contributed by atoms with Gasteiger partial charge in [-0.15, -0.1) is 6.58 Å². The van der Waals surface area contributed by atoms with Gasteiger partial charge in [0.2, 0.25) is 11.8 Å². The van der Waals surface area contributed by atoms with E-state index in [1.54, 1.807) is 25.7 Å². The van der Waals surface area contributed by atoms with Crippen LogP contribution in [0.3, 0.4) is 0 Å². The molecular formula is C29H48N4O6. The van der Waals surface area contributed by atoms with Gasteiger partial charge in [0.15, 0.2) is 6.10 Å². The average Bonchev–Trinajstić information content (AvgIpc) is 3.65. The molecule has 2 saturated carbocycles. The van der Waals surface area contributed by atoms with E-state index in [-0.39, 0.29) is 35.6 Å². The summed E-state index contributed by atoms with van der Waals surface area (Å²) in [6.07, 6.45) is 1.87. The van der Waals surface area contributed by atoms with Crippen molar-refractivity contribution < 1.29 is 29.0 Å². The second kappa shape index (κ2) is 11.1. The van der Waals surface area contributed by atoms with Crippen molar-refractivity contribution in [1.29, 1.82) is 0 Å². The highest BCUT2D eigenvalue weighted by Crippen LogP contribution is 2.65. The highest BCUT2D eigenvalue weighted by molar-refractivity contribution is 5.94. The molecule has 39 heavy (non-hydrogen) atoms. The number of piperidine rings is 1. The highest BCUT2D eigenvalue weighted by atomic mass is 16.6. The maximum absolute atomic E-state index is 14.0. The van der Waals surface area contributed by atoms with Gasteiger partial charge in [0.1, 0.15) is 17.7 Å². The normalized spacial score (nSPS) is 26.0. The van der Waals surface area contributed by atoms with Crippen molar-refractivity contribution in [2.75, 3.05) is 13.1 Å². The number of nitrogens with one attached hydrogen (secondary N) is 3. The third kappa shape index (κ3) is 7.32. The molecular weight excluding hydrogens is 500 g/mol. The van der Waals surface area contributed by atoms with Crippen molar-refractivity contribution in [3.63, 3.8) is 0 Å². The van der Waals surface area contributed by atoms with Crippen LogP contribution in [0.5, 0.6) is 0 Å². The van der Waals surface area contributed by atoms with Gasteiger partial charge in [0.05, 0.1) is 6.04 Å². The molecule has 0 aromatic heterocycles. The van der Waals surface area contributed by atoms with Crippen LogP contribution in [0.2, 0.25) is 0 Å². The van der Waals surface area contributed by atoms with Crippen molar-refractivity contribution in [3.8, 4) is 0 Å². The van der Waals surface area contributed by atoms with E-state index in [1.807, 2.05) is 20.8 Å². The van der Waals surface area contributed by atoms with Crippen molar-refractivity contribution in [1.82, 2.24) is 20.9 Å². The number of carbonyl (C=O) groups is 4. The van der Waals surface area contributed by atoms with Crippen LogP contribution in [-0.2, 0) is 19.1 Å². The number of rotatable bonds is 10. The Hall–Kier alpha value is -2.62. The number of ether oxygens (including phenoxy) is 1. The quantitative estimate of drug-likeness (QED) is 0.309. The van der Waals surface area contributed by atoms with Crippen molar-refractivity contribution in [3.05, 3.63) is 12.7 Å². The van der Waals surface area contributed by atoms with E-state index < -0.39 is 47.2 Å². The summed E-state index contributed by atoms with van der Waals surface area (Å²) in [4.78, 5) is 54.5. The lowest BCUT2D eigenvalue weighted by molar-refractivity contribution is -0.145. The molecule has 10 nitrogen and oxygen atoms in total. The van der Waals surface area contributed by atoms with Gasteiger partial charge in [-0.1, -0.05) is 53.5 Å². The SMILES string of the molecule is C=CCNC(=O)C(O)[C@@H](CC1CC1)NC(=O)[C@@H]1[C@@H]2[C@H](CN1C(=O)[C@@H](NC(=O)OC(C)(C)C)C(C)(C)C)C2(C)C. The molecule has 220 valence electrons. The van der Waals surface area contributed by atoms with Crippen LogP contribution in [0.25, 0.3) is 0 Å². The Labute approximate surface area is 232 Å². The van der Waals surface area contributed by atoms with Crippen LogP contribution in [-0.4, -0.2) is 76.7 Å². The molecule has 0 bridgehead atoms. The molecule has 0 spiro atoms. The average molecular weight is 549 g/mol. The third-order valence-electron chi connectivity index (χ3n) is 8.22. The molecule has 1 unspecified atom stereocenters. The smallest absolute Gasteiger partial charge is 0.408 e. The van der Waals surface area contributed by atoms with Crippen LogP contribution < -0.4 is 16.0 Å². The van der Waals surface area contributed by atoms with Crippen LogP contribution in [0.1, 0.15) is 74.7 Å². The van der Waals surface area contributed by atoms with E-state index >= 15 is 0 Å². The molecule has 3 rings (SSSR count). The van der Waals surface area contributed by atoms with Gasteiger partial charge in [0.25, 0.3) is 5.91 Å². The maximum Gasteiger partial charge on any atom is 0.408 e. The predicted molar refractivity (Wildman–Crippen MR) is 147 cm³/mol. The van der Waals surface area contributed by atoms with Crippen LogP contribution in [0.15, 0.2) is 12.7 Å². The Morgan fingerprint density at radius 1 is 1.10 bits per heavy atom. The molecule has 6 atom stereocenters. The number of carbonyl (C=O) groups excluding carboxylic acids is 4. The molecule has 0 aromatic carbocycles. The van der Waals surface area contributed by atoms with Crippen LogP contribution in [0, 0.1) is 28.6 Å². The van der Waals surface area contributed by atoms with E-state index in [9.17, 15) is 24.3 Å². The minimum atomic E-state index is -1.42. The first-order chi connectivity index (χ1) is 17.9. The van der Waals surface area contributed by atoms with Gasteiger partial charge < -0.3 is 30.7 Å². The first-order valence-corrected chi connectivity index (χ1v) is 14.1. The van der Waals surface area contributed by atoms with Gasteiger partial charge in [-0.05, 0) is 55.8 Å². The summed E-state index contributed by atoms with van der Waals surface area (Å²) in [7, 11) is 0. The molecule has 0 radical (unpaired) electrons. The number of nitrogens with zero attached hydrogens (tertiary/aromatic N) is 1. The second-order valence-electron chi connectivity index (χ2n) is 14.1. The lowest BCUT2D eigenvalue weighted by Crippen LogP contribution is -2.61. The summed E-state index contributed by atoms with van der Waals surface area (Å²) in [6.45, 7) is 19.2. The Bertz CT molecular complexity index is 977. The number of aliphatic hydroxyl groups is 1. The topological polar surface area (TPSA) is 137 Å². The Morgan fingerprint density at radius 2 is 1.72 bits per heavy atom. The number of aliphatic hydroxyl groups excluding tert-OH is 1. The zero-order valence-corrected chi connectivity index (χ0v) is 24.8. The number of hydrogen-bond acceptors (Lipinski definition) is 6. The van der Waals surface area contributed by atoms with Crippen molar-refractivity contribution in [2.24, 2.45) is 28.6 Å². The lowest BCUT2D eigenvalue weighted by atomic mass is 9.85. The molecule has 3 aliphatic rings. The summed E-state index contributed by atoms with van der Waals surface area (Å²) in [5.74, 6) is -0.878. The molecule has 4 N–H and O–H groups in total. The van der Waals surface area contributed by atoms with Gasteiger partial charge in [-0.2, -0.15) is 0 Å². The number of amides is 4.